The maximum atomic E-state index is 11.8. The Kier molecular flexibility index (Phi) is 3.79. The van der Waals surface area contributed by atoms with Gasteiger partial charge in [0.15, 0.2) is 0 Å². The van der Waals surface area contributed by atoms with Crippen molar-refractivity contribution in [2.24, 2.45) is 0 Å². The van der Waals surface area contributed by atoms with Gasteiger partial charge in [-0.1, -0.05) is 6.07 Å². The Bertz CT molecular complexity index is 573. The normalized spacial score (nSPS) is 20.9. The zero-order chi connectivity index (χ0) is 14.8. The van der Waals surface area contributed by atoms with E-state index in [0.717, 1.165) is 23.2 Å². The van der Waals surface area contributed by atoms with Crippen LogP contribution in [0.15, 0.2) is 18.2 Å². The second-order valence-electron chi connectivity index (χ2n) is 5.22. The van der Waals surface area contributed by atoms with Crippen molar-refractivity contribution in [3.63, 3.8) is 0 Å². The van der Waals surface area contributed by atoms with E-state index in [9.17, 15) is 9.59 Å². The van der Waals surface area contributed by atoms with Crippen LogP contribution in [-0.2, 0) is 20.8 Å². The first kappa shape index (κ1) is 13.9. The van der Waals surface area contributed by atoms with E-state index in [0.29, 0.717) is 26.1 Å². The van der Waals surface area contributed by atoms with E-state index in [1.54, 1.807) is 4.90 Å². The number of anilines is 1. The van der Waals surface area contributed by atoms with Gasteiger partial charge in [-0.2, -0.15) is 0 Å². The fourth-order valence-electron chi connectivity index (χ4n) is 2.81. The summed E-state index contributed by atoms with van der Waals surface area (Å²) in [5.74, 6) is -0.232. The van der Waals surface area contributed by atoms with Crippen LogP contribution in [0.1, 0.15) is 30.0 Å². The molecule has 1 amide bonds. The van der Waals surface area contributed by atoms with Gasteiger partial charge in [-0.3, -0.25) is 9.69 Å². The SMILES string of the molecule is COC(=O)CC1NCc2cc(N3CCCOC3=O)ccc21. The second-order valence-corrected chi connectivity index (χ2v) is 5.22. The van der Waals surface area contributed by atoms with Crippen molar-refractivity contribution < 1.29 is 19.1 Å². The Morgan fingerprint density at radius 2 is 2.38 bits per heavy atom. The number of cyclic esters (lactones) is 1. The molecule has 1 aromatic carbocycles. The van der Waals surface area contributed by atoms with Crippen LogP contribution in [-0.4, -0.2) is 32.3 Å². The van der Waals surface area contributed by atoms with Gasteiger partial charge in [0.1, 0.15) is 0 Å². The van der Waals surface area contributed by atoms with Gasteiger partial charge < -0.3 is 14.8 Å². The molecule has 1 aromatic rings. The number of hydrogen-bond donors (Lipinski definition) is 1. The van der Waals surface area contributed by atoms with Gasteiger partial charge >= 0.3 is 12.1 Å². The molecule has 0 bridgehead atoms. The molecule has 0 aromatic heterocycles. The molecular weight excluding hydrogens is 272 g/mol. The molecule has 21 heavy (non-hydrogen) atoms. The molecule has 1 atom stereocenters. The smallest absolute Gasteiger partial charge is 0.414 e. The molecule has 0 aliphatic carbocycles. The summed E-state index contributed by atoms with van der Waals surface area (Å²) in [4.78, 5) is 24.8. The summed E-state index contributed by atoms with van der Waals surface area (Å²) in [7, 11) is 1.39. The van der Waals surface area contributed by atoms with E-state index in [-0.39, 0.29) is 18.1 Å². The lowest BCUT2D eigenvalue weighted by Gasteiger charge is -2.26. The van der Waals surface area contributed by atoms with Crippen LogP contribution in [0, 0.1) is 0 Å². The molecule has 2 aliphatic rings. The van der Waals surface area contributed by atoms with E-state index in [1.807, 2.05) is 18.2 Å². The predicted molar refractivity (Wildman–Crippen MR) is 76.0 cm³/mol. The highest BCUT2D eigenvalue weighted by molar-refractivity contribution is 5.88. The number of methoxy groups -OCH3 is 1. The highest BCUT2D eigenvalue weighted by Gasteiger charge is 2.27. The summed E-state index contributed by atoms with van der Waals surface area (Å²) in [6.45, 7) is 1.85. The number of amides is 1. The van der Waals surface area contributed by atoms with E-state index < -0.39 is 0 Å². The minimum Gasteiger partial charge on any atom is -0.469 e. The lowest BCUT2D eigenvalue weighted by Crippen LogP contribution is -2.37. The first-order chi connectivity index (χ1) is 10.2. The third kappa shape index (κ3) is 2.71. The summed E-state index contributed by atoms with van der Waals surface area (Å²) >= 11 is 0. The summed E-state index contributed by atoms with van der Waals surface area (Å²) in [6.07, 6.45) is 0.860. The van der Waals surface area contributed by atoms with Gasteiger partial charge in [0.2, 0.25) is 0 Å². The number of nitrogens with one attached hydrogen (secondary N) is 1. The number of hydrogen-bond acceptors (Lipinski definition) is 5. The highest BCUT2D eigenvalue weighted by atomic mass is 16.6. The summed E-state index contributed by atoms with van der Waals surface area (Å²) in [5, 5.41) is 3.29. The number of benzene rings is 1. The zero-order valence-electron chi connectivity index (χ0n) is 11.9. The number of nitrogens with zero attached hydrogens (tertiary/aromatic N) is 1. The predicted octanol–water partition coefficient (Wildman–Crippen LogP) is 1.74. The number of ether oxygens (including phenoxy) is 2. The van der Waals surface area contributed by atoms with Gasteiger partial charge in [-0.25, -0.2) is 4.79 Å². The van der Waals surface area contributed by atoms with Crippen molar-refractivity contribution >= 4 is 17.7 Å². The van der Waals surface area contributed by atoms with Crippen molar-refractivity contribution in [3.8, 4) is 0 Å². The summed E-state index contributed by atoms with van der Waals surface area (Å²) < 4.78 is 9.77. The Labute approximate surface area is 123 Å². The number of esters is 1. The number of carbonyl (C=O) groups is 2. The van der Waals surface area contributed by atoms with Crippen LogP contribution < -0.4 is 10.2 Å². The van der Waals surface area contributed by atoms with Crippen LogP contribution in [0.2, 0.25) is 0 Å². The van der Waals surface area contributed by atoms with Gasteiger partial charge in [0.05, 0.1) is 20.1 Å². The molecule has 1 fully saturated rings. The molecular formula is C15H18N2O4. The van der Waals surface area contributed by atoms with Crippen LogP contribution in [0.3, 0.4) is 0 Å². The molecule has 0 saturated carbocycles. The average molecular weight is 290 g/mol. The van der Waals surface area contributed by atoms with Crippen LogP contribution in [0.4, 0.5) is 10.5 Å². The molecule has 6 heteroatoms. The fraction of sp³-hybridized carbons (Fsp3) is 0.467. The topological polar surface area (TPSA) is 67.9 Å². The maximum absolute atomic E-state index is 11.8. The highest BCUT2D eigenvalue weighted by Crippen LogP contribution is 2.32. The summed E-state index contributed by atoms with van der Waals surface area (Å²) in [5.41, 5.74) is 3.05. The Balaban J connectivity index is 1.80. The van der Waals surface area contributed by atoms with Crippen LogP contribution in [0.5, 0.6) is 0 Å². The number of fused-ring (bicyclic) bond motifs is 1. The molecule has 2 heterocycles. The molecule has 112 valence electrons. The van der Waals surface area contributed by atoms with Gasteiger partial charge in [-0.15, -0.1) is 0 Å². The molecule has 1 unspecified atom stereocenters. The largest absolute Gasteiger partial charge is 0.469 e. The molecule has 0 spiro atoms. The average Bonchev–Trinajstić information content (AvgIpc) is 2.90. The molecule has 0 radical (unpaired) electrons. The second kappa shape index (κ2) is 5.73. The van der Waals surface area contributed by atoms with Gasteiger partial charge in [-0.05, 0) is 29.7 Å². The van der Waals surface area contributed by atoms with E-state index in [4.69, 9.17) is 9.47 Å². The standard InChI is InChI=1S/C15H18N2O4/c1-20-14(18)8-13-12-4-3-11(7-10(12)9-16-13)17-5-2-6-21-15(17)19/h3-4,7,13,16H,2,5-6,8-9H2,1H3. The molecule has 1 saturated heterocycles. The lowest BCUT2D eigenvalue weighted by molar-refractivity contribution is -0.141. The fourth-order valence-corrected chi connectivity index (χ4v) is 2.81. The van der Waals surface area contributed by atoms with Crippen molar-refractivity contribution in [3.05, 3.63) is 29.3 Å². The van der Waals surface area contributed by atoms with Crippen molar-refractivity contribution in [2.45, 2.75) is 25.4 Å². The minimum absolute atomic E-state index is 0.0187. The molecule has 3 rings (SSSR count). The van der Waals surface area contributed by atoms with E-state index in [1.165, 1.54) is 7.11 Å². The Morgan fingerprint density at radius 3 is 3.14 bits per heavy atom. The summed E-state index contributed by atoms with van der Waals surface area (Å²) in [6, 6.07) is 5.85. The van der Waals surface area contributed by atoms with Crippen molar-refractivity contribution in [2.75, 3.05) is 25.2 Å². The number of rotatable bonds is 3. The Morgan fingerprint density at radius 1 is 1.52 bits per heavy atom. The van der Waals surface area contributed by atoms with Crippen molar-refractivity contribution in [1.82, 2.24) is 5.32 Å². The third-order valence-electron chi connectivity index (χ3n) is 3.92. The lowest BCUT2D eigenvalue weighted by atomic mass is 10.0. The first-order valence-electron chi connectivity index (χ1n) is 7.06. The zero-order valence-corrected chi connectivity index (χ0v) is 11.9. The first-order valence-corrected chi connectivity index (χ1v) is 7.06. The van der Waals surface area contributed by atoms with Crippen LogP contribution >= 0.6 is 0 Å². The van der Waals surface area contributed by atoms with Crippen molar-refractivity contribution in [1.29, 1.82) is 0 Å². The minimum atomic E-state index is -0.293. The third-order valence-corrected chi connectivity index (χ3v) is 3.92. The van der Waals surface area contributed by atoms with Gasteiger partial charge in [0, 0.05) is 24.8 Å². The molecule has 1 N–H and O–H groups in total. The number of carbonyl (C=O) groups excluding carboxylic acids is 2. The van der Waals surface area contributed by atoms with Crippen LogP contribution in [0.25, 0.3) is 0 Å². The molecule has 6 nitrogen and oxygen atoms in total. The van der Waals surface area contributed by atoms with Gasteiger partial charge in [0.25, 0.3) is 0 Å². The maximum Gasteiger partial charge on any atom is 0.414 e. The van der Waals surface area contributed by atoms with E-state index in [2.05, 4.69) is 5.32 Å². The quantitative estimate of drug-likeness (QED) is 0.859. The monoisotopic (exact) mass is 290 g/mol. The Hall–Kier alpha value is -2.08. The molecule has 2 aliphatic heterocycles. The van der Waals surface area contributed by atoms with E-state index >= 15 is 0 Å².